The molecule has 208 valence electrons. The molecule has 0 bridgehead atoms. The average Bonchev–Trinajstić information content (AvgIpc) is 2.97. The fourth-order valence-electron chi connectivity index (χ4n) is 4.86. The number of aromatic carboxylic acids is 1. The number of carboxylic acids is 1. The highest BCUT2D eigenvalue weighted by atomic mass is 32.2. The van der Waals surface area contributed by atoms with Gasteiger partial charge in [-0.2, -0.15) is 4.98 Å². The summed E-state index contributed by atoms with van der Waals surface area (Å²) in [5, 5.41) is 13.2. The van der Waals surface area contributed by atoms with Gasteiger partial charge in [-0.15, -0.1) is 0 Å². The molecule has 0 radical (unpaired) electrons. The number of ether oxygens (including phenoxy) is 2. The van der Waals surface area contributed by atoms with E-state index in [1.807, 2.05) is 0 Å². The maximum Gasteiger partial charge on any atom is 0.335 e. The summed E-state index contributed by atoms with van der Waals surface area (Å²) < 4.78 is 40.6. The lowest BCUT2D eigenvalue weighted by Gasteiger charge is -2.23. The van der Waals surface area contributed by atoms with Gasteiger partial charge in [-0.1, -0.05) is 37.5 Å². The molecule has 1 aliphatic rings. The molecule has 0 spiro atoms. The molecule has 0 atom stereocenters. The number of sulfonamides is 1. The first kappa shape index (κ1) is 27.3. The molecule has 1 aliphatic carbocycles. The van der Waals surface area contributed by atoms with E-state index in [1.54, 1.807) is 36.5 Å². The monoisotopic (exact) mass is 563 g/mol. The Morgan fingerprint density at radius 1 is 1.00 bits per heavy atom. The van der Waals surface area contributed by atoms with Crippen LogP contribution in [0.3, 0.4) is 0 Å². The smallest absolute Gasteiger partial charge is 0.335 e. The molecular weight excluding hydrogens is 534 g/mol. The lowest BCUT2D eigenvalue weighted by Crippen LogP contribution is -2.36. The zero-order valence-corrected chi connectivity index (χ0v) is 22.9. The first-order chi connectivity index (χ1) is 19.3. The first-order valence-electron chi connectivity index (χ1n) is 12.8. The molecule has 3 N–H and O–H groups in total. The van der Waals surface area contributed by atoms with Gasteiger partial charge in [-0.05, 0) is 42.7 Å². The Hall–Kier alpha value is -4.29. The van der Waals surface area contributed by atoms with Crippen LogP contribution in [0.5, 0.6) is 11.9 Å². The number of carbonyl (C=O) groups is 1. The van der Waals surface area contributed by atoms with E-state index in [2.05, 4.69) is 25.0 Å². The molecule has 11 nitrogen and oxygen atoms in total. The van der Waals surface area contributed by atoms with Crippen LogP contribution in [-0.2, 0) is 10.0 Å². The maximum absolute atomic E-state index is 13.6. The summed E-state index contributed by atoms with van der Waals surface area (Å²) in [5.41, 5.74) is 2.60. The first-order valence-corrected chi connectivity index (χ1v) is 14.3. The van der Waals surface area contributed by atoms with Gasteiger partial charge in [0.25, 0.3) is 0 Å². The van der Waals surface area contributed by atoms with Crippen molar-refractivity contribution in [2.24, 2.45) is 0 Å². The quantitative estimate of drug-likeness (QED) is 0.260. The van der Waals surface area contributed by atoms with Gasteiger partial charge in [0.1, 0.15) is 4.90 Å². The minimum atomic E-state index is -3.95. The van der Waals surface area contributed by atoms with Crippen LogP contribution in [0.15, 0.2) is 59.8 Å². The van der Waals surface area contributed by atoms with E-state index < -0.39 is 16.0 Å². The van der Waals surface area contributed by atoms with Crippen LogP contribution in [-0.4, -0.2) is 54.7 Å². The number of pyridine rings is 1. The summed E-state index contributed by atoms with van der Waals surface area (Å²) in [7, 11) is -0.998. The van der Waals surface area contributed by atoms with E-state index in [9.17, 15) is 18.3 Å². The van der Waals surface area contributed by atoms with Crippen molar-refractivity contribution in [3.63, 3.8) is 0 Å². The highest BCUT2D eigenvalue weighted by Crippen LogP contribution is 2.36. The van der Waals surface area contributed by atoms with Crippen LogP contribution in [0.1, 0.15) is 42.5 Å². The molecule has 0 aliphatic heterocycles. The molecule has 0 saturated heterocycles. The molecule has 0 unspecified atom stereocenters. The van der Waals surface area contributed by atoms with Gasteiger partial charge < -0.3 is 19.9 Å². The van der Waals surface area contributed by atoms with E-state index in [-0.39, 0.29) is 22.5 Å². The lowest BCUT2D eigenvalue weighted by molar-refractivity contribution is 0.0697. The van der Waals surface area contributed by atoms with Crippen molar-refractivity contribution in [1.29, 1.82) is 0 Å². The second-order valence-corrected chi connectivity index (χ2v) is 11.2. The van der Waals surface area contributed by atoms with Crippen LogP contribution in [0.25, 0.3) is 22.0 Å². The van der Waals surface area contributed by atoms with Crippen LogP contribution in [0.2, 0.25) is 0 Å². The van der Waals surface area contributed by atoms with Crippen molar-refractivity contribution < 1.29 is 27.8 Å². The molecule has 0 amide bonds. The molecular formula is C28H29N5O6S. The lowest BCUT2D eigenvalue weighted by atomic mass is 9.96. The highest BCUT2D eigenvalue weighted by Gasteiger charge is 2.26. The van der Waals surface area contributed by atoms with E-state index in [0.29, 0.717) is 39.3 Å². The zero-order chi connectivity index (χ0) is 28.3. The number of hydrogen-bond acceptors (Lipinski definition) is 9. The highest BCUT2D eigenvalue weighted by molar-refractivity contribution is 7.89. The summed E-state index contributed by atoms with van der Waals surface area (Å²) in [4.78, 5) is 24.5. The van der Waals surface area contributed by atoms with Gasteiger partial charge in [0, 0.05) is 29.5 Å². The summed E-state index contributed by atoms with van der Waals surface area (Å²) in [6.07, 6.45) is 7.49. The molecule has 1 fully saturated rings. The Bertz CT molecular complexity index is 1670. The molecule has 5 rings (SSSR count). The van der Waals surface area contributed by atoms with Gasteiger partial charge in [0.05, 0.1) is 36.6 Å². The third-order valence-electron chi connectivity index (χ3n) is 6.85. The number of hydrogen-bond donors (Lipinski definition) is 3. The van der Waals surface area contributed by atoms with E-state index >= 15 is 0 Å². The SMILES string of the molecule is COc1ncc(-c2ccc3c(Nc4cccc(C(=O)O)c4)c(S(=O)(=O)NC4CCCCC4)cnc3c2)c(OC)n1. The van der Waals surface area contributed by atoms with Crippen molar-refractivity contribution >= 4 is 38.3 Å². The Kier molecular flexibility index (Phi) is 7.81. The third kappa shape index (κ3) is 5.68. The van der Waals surface area contributed by atoms with Crippen molar-refractivity contribution in [2.45, 2.75) is 43.0 Å². The second-order valence-electron chi connectivity index (χ2n) is 9.48. The number of aromatic nitrogens is 3. The van der Waals surface area contributed by atoms with Gasteiger partial charge in [-0.25, -0.2) is 22.9 Å². The van der Waals surface area contributed by atoms with Crippen molar-refractivity contribution in [2.75, 3.05) is 19.5 Å². The van der Waals surface area contributed by atoms with Crippen LogP contribution in [0, 0.1) is 0 Å². The number of rotatable bonds is 9. The van der Waals surface area contributed by atoms with E-state index in [0.717, 1.165) is 32.1 Å². The van der Waals surface area contributed by atoms with Crippen LogP contribution >= 0.6 is 0 Å². The normalized spacial score (nSPS) is 14.2. The molecule has 2 aromatic carbocycles. The number of methoxy groups -OCH3 is 2. The number of nitrogens with one attached hydrogen (secondary N) is 2. The molecule has 2 heterocycles. The van der Waals surface area contributed by atoms with E-state index in [4.69, 9.17) is 9.47 Å². The Labute approximate surface area is 231 Å². The Balaban J connectivity index is 1.63. The Morgan fingerprint density at radius 3 is 2.52 bits per heavy atom. The van der Waals surface area contributed by atoms with Crippen molar-refractivity contribution in [1.82, 2.24) is 19.7 Å². The minimum absolute atomic E-state index is 0.0237. The molecule has 2 aromatic heterocycles. The fraction of sp³-hybridized carbons (Fsp3) is 0.286. The van der Waals surface area contributed by atoms with Crippen molar-refractivity contribution in [3.8, 4) is 23.0 Å². The number of anilines is 2. The second kappa shape index (κ2) is 11.4. The zero-order valence-electron chi connectivity index (χ0n) is 22.0. The number of carboxylic acid groups (broad SMARTS) is 1. The predicted octanol–water partition coefficient (Wildman–Crippen LogP) is 4.76. The molecule has 40 heavy (non-hydrogen) atoms. The van der Waals surface area contributed by atoms with Gasteiger partial charge in [0.15, 0.2) is 0 Å². The molecule has 1 saturated carbocycles. The largest absolute Gasteiger partial charge is 0.480 e. The fourth-order valence-corrected chi connectivity index (χ4v) is 6.28. The third-order valence-corrected chi connectivity index (χ3v) is 8.38. The van der Waals surface area contributed by atoms with E-state index in [1.165, 1.54) is 32.5 Å². The van der Waals surface area contributed by atoms with Crippen LogP contribution < -0.4 is 19.5 Å². The maximum atomic E-state index is 13.6. The van der Waals surface area contributed by atoms with Gasteiger partial charge in [-0.3, -0.25) is 4.98 Å². The Morgan fingerprint density at radius 2 is 1.80 bits per heavy atom. The summed E-state index contributed by atoms with van der Waals surface area (Å²) in [6.45, 7) is 0. The average molecular weight is 564 g/mol. The molecule has 4 aromatic rings. The summed E-state index contributed by atoms with van der Waals surface area (Å²) in [6, 6.07) is 11.5. The van der Waals surface area contributed by atoms with Gasteiger partial charge in [0.2, 0.25) is 15.9 Å². The minimum Gasteiger partial charge on any atom is -0.480 e. The number of benzene rings is 2. The number of fused-ring (bicyclic) bond motifs is 1. The summed E-state index contributed by atoms with van der Waals surface area (Å²) >= 11 is 0. The summed E-state index contributed by atoms with van der Waals surface area (Å²) in [5.74, 6) is -0.777. The van der Waals surface area contributed by atoms with Gasteiger partial charge >= 0.3 is 12.0 Å². The van der Waals surface area contributed by atoms with Crippen LogP contribution in [0.4, 0.5) is 11.4 Å². The standard InChI is InChI=1S/C28H29N5O6S/c1-38-26-22(15-30-28(32-26)39-2)17-11-12-21-23(14-17)29-16-24(40(36,37)33-19-8-4-3-5-9-19)25(21)31-20-10-6-7-18(13-20)27(34)35/h6-7,10-16,19,33H,3-5,8-9H2,1-2H3,(H,29,31)(H,34,35). The number of nitrogens with zero attached hydrogens (tertiary/aromatic N) is 3. The topological polar surface area (TPSA) is 153 Å². The molecule has 12 heteroatoms. The predicted molar refractivity (Wildman–Crippen MR) is 150 cm³/mol. The van der Waals surface area contributed by atoms with Crippen molar-refractivity contribution in [3.05, 3.63) is 60.4 Å².